The summed E-state index contributed by atoms with van der Waals surface area (Å²) in [6.07, 6.45) is -9.09. The van der Waals surface area contributed by atoms with Crippen molar-refractivity contribution in [2.75, 3.05) is 19.6 Å². The number of likely N-dealkylation sites (tertiary alicyclic amines) is 1. The molecule has 5 rings (SSSR count). The van der Waals surface area contributed by atoms with E-state index in [4.69, 9.17) is 34.7 Å². The molecule has 2 aliphatic rings. The third kappa shape index (κ3) is 11.8. The van der Waals surface area contributed by atoms with Gasteiger partial charge in [-0.2, -0.15) is 39.5 Å². The van der Waals surface area contributed by atoms with E-state index < -0.39 is 36.4 Å². The Morgan fingerprint density at radius 1 is 0.809 bits per heavy atom. The Bertz CT molecular complexity index is 1400. The molecule has 1 saturated heterocycles. The van der Waals surface area contributed by atoms with Crippen LogP contribution in [0.3, 0.4) is 0 Å². The maximum absolute atomic E-state index is 10.6. The third-order valence-corrected chi connectivity index (χ3v) is 7.20. The lowest BCUT2D eigenvalue weighted by Gasteiger charge is -2.44. The average molecular weight is 708 g/mol. The van der Waals surface area contributed by atoms with Gasteiger partial charge in [-0.1, -0.05) is 30.3 Å². The minimum absolute atomic E-state index is 0.0185. The fourth-order valence-electron chi connectivity index (χ4n) is 4.32. The van der Waals surface area contributed by atoms with Crippen molar-refractivity contribution >= 4 is 29.2 Å². The molecular formula is C26H26F9N5O6S. The molecule has 0 atom stereocenters. The molecule has 1 aromatic carbocycles. The van der Waals surface area contributed by atoms with E-state index in [1.54, 1.807) is 11.3 Å². The van der Waals surface area contributed by atoms with Gasteiger partial charge in [-0.25, -0.2) is 24.4 Å². The van der Waals surface area contributed by atoms with Crippen molar-refractivity contribution in [2.24, 2.45) is 0 Å². The summed E-state index contributed by atoms with van der Waals surface area (Å²) in [6, 6.07) is 10.6. The van der Waals surface area contributed by atoms with E-state index in [2.05, 4.69) is 61.7 Å². The Kier molecular flexibility index (Phi) is 13.3. The molecule has 0 unspecified atom stereocenters. The number of benzene rings is 1. The number of rotatable bonds is 3. The van der Waals surface area contributed by atoms with Crippen molar-refractivity contribution in [1.29, 1.82) is 0 Å². The number of halogens is 9. The average Bonchev–Trinajstić information content (AvgIpc) is 3.65. The van der Waals surface area contributed by atoms with E-state index in [0.717, 1.165) is 45.6 Å². The lowest BCUT2D eigenvalue weighted by Crippen LogP contribution is -2.55. The van der Waals surface area contributed by atoms with Gasteiger partial charge in [-0.3, -0.25) is 4.90 Å². The van der Waals surface area contributed by atoms with Gasteiger partial charge in [-0.05, 0) is 18.4 Å². The Morgan fingerprint density at radius 3 is 1.72 bits per heavy atom. The summed E-state index contributed by atoms with van der Waals surface area (Å²) in [5.41, 5.74) is 2.51. The number of aromatic nitrogens is 3. The third-order valence-electron chi connectivity index (χ3n) is 6.43. The van der Waals surface area contributed by atoms with E-state index in [1.165, 1.54) is 22.1 Å². The summed E-state index contributed by atoms with van der Waals surface area (Å²) in [5, 5.41) is 28.5. The van der Waals surface area contributed by atoms with Crippen molar-refractivity contribution in [1.82, 2.24) is 24.8 Å². The van der Waals surface area contributed by atoms with Crippen LogP contribution in [0.5, 0.6) is 0 Å². The number of thiazole rings is 1. The van der Waals surface area contributed by atoms with Crippen LogP contribution in [-0.4, -0.2) is 90.8 Å². The van der Waals surface area contributed by atoms with Crippen molar-refractivity contribution in [3.8, 4) is 11.3 Å². The normalized spacial score (nSPS) is 15.9. The largest absolute Gasteiger partial charge is 0.490 e. The highest BCUT2D eigenvalue weighted by Crippen LogP contribution is 2.37. The highest BCUT2D eigenvalue weighted by Gasteiger charge is 2.42. The molecule has 0 aliphatic carbocycles. The highest BCUT2D eigenvalue weighted by molar-refractivity contribution is 7.09. The molecule has 3 aromatic rings. The number of aliphatic carboxylic acids is 3. The number of carboxylic acids is 3. The molecule has 0 bridgehead atoms. The number of imidazole rings is 1. The lowest BCUT2D eigenvalue weighted by atomic mass is 9.85. The van der Waals surface area contributed by atoms with Crippen LogP contribution in [0.15, 0.2) is 48.1 Å². The Hall–Kier alpha value is -4.24. The van der Waals surface area contributed by atoms with Gasteiger partial charge >= 0.3 is 36.4 Å². The van der Waals surface area contributed by atoms with Gasteiger partial charge in [-0.15, -0.1) is 11.3 Å². The Balaban J connectivity index is 0.000000301. The van der Waals surface area contributed by atoms with Crippen LogP contribution in [0.1, 0.15) is 23.7 Å². The predicted octanol–water partition coefficient (Wildman–Crippen LogP) is 5.00. The molecule has 21 heteroatoms. The number of carboxylic acid groups (broad SMARTS) is 3. The van der Waals surface area contributed by atoms with Gasteiger partial charge in [0.05, 0.1) is 24.0 Å². The number of alkyl halides is 9. The number of fused-ring (bicyclic) bond motifs is 2. The molecule has 4 N–H and O–H groups in total. The summed E-state index contributed by atoms with van der Waals surface area (Å²) in [4.78, 5) is 38.5. The minimum atomic E-state index is -5.08. The fourth-order valence-corrected chi connectivity index (χ4v) is 4.98. The quantitative estimate of drug-likeness (QED) is 0.273. The number of nitrogens with one attached hydrogen (secondary N) is 1. The highest BCUT2D eigenvalue weighted by atomic mass is 32.1. The number of carbonyl (C=O) groups is 3. The summed E-state index contributed by atoms with van der Waals surface area (Å²) in [6.45, 7) is 5.14. The standard InChI is InChI=1S/C20H23N5S.3C2HF3O2/c1-2-4-16(5-3-1)17-14-22-19-20(23-8-12-25(17)19)6-10-24(11-7-20)15-18-21-9-13-26-18;3*3-2(4,5)1(6)7/h1-5,9,13-14,23H,6-8,10-12,15H2;3*(H,6,7). The first-order chi connectivity index (χ1) is 21.7. The minimum Gasteiger partial charge on any atom is -0.475 e. The van der Waals surface area contributed by atoms with Gasteiger partial charge in [0, 0.05) is 37.8 Å². The number of hydrogen-bond donors (Lipinski definition) is 4. The Morgan fingerprint density at radius 2 is 1.30 bits per heavy atom. The first-order valence-electron chi connectivity index (χ1n) is 13.0. The van der Waals surface area contributed by atoms with Crippen molar-refractivity contribution in [3.63, 3.8) is 0 Å². The van der Waals surface area contributed by atoms with Gasteiger partial charge in [0.15, 0.2) is 0 Å². The van der Waals surface area contributed by atoms with E-state index in [1.807, 2.05) is 6.20 Å². The summed E-state index contributed by atoms with van der Waals surface area (Å²) >= 11 is 1.75. The summed E-state index contributed by atoms with van der Waals surface area (Å²) in [7, 11) is 0. The maximum Gasteiger partial charge on any atom is 0.490 e. The van der Waals surface area contributed by atoms with Crippen molar-refractivity contribution < 1.29 is 69.2 Å². The van der Waals surface area contributed by atoms with Gasteiger partial charge in [0.1, 0.15) is 10.8 Å². The lowest BCUT2D eigenvalue weighted by molar-refractivity contribution is -0.193. The first-order valence-corrected chi connectivity index (χ1v) is 13.9. The molecule has 2 aromatic heterocycles. The van der Waals surface area contributed by atoms with Gasteiger partial charge in [0.25, 0.3) is 0 Å². The molecule has 11 nitrogen and oxygen atoms in total. The zero-order valence-electron chi connectivity index (χ0n) is 23.7. The predicted molar refractivity (Wildman–Crippen MR) is 145 cm³/mol. The summed E-state index contributed by atoms with van der Waals surface area (Å²) in [5.74, 6) is -7.05. The zero-order chi connectivity index (χ0) is 35.6. The second-order valence-corrected chi connectivity index (χ2v) is 10.6. The van der Waals surface area contributed by atoms with Crippen LogP contribution in [-0.2, 0) is 33.0 Å². The SMILES string of the molecule is O=C(O)C(F)(F)F.O=C(O)C(F)(F)F.O=C(O)C(F)(F)F.c1ccc(-c2cnc3n2CCNC32CCN(Cc3nccs3)CC2)cc1. The van der Waals surface area contributed by atoms with Crippen LogP contribution in [0.25, 0.3) is 11.3 Å². The number of nitrogens with zero attached hydrogens (tertiary/aromatic N) is 4. The zero-order valence-corrected chi connectivity index (χ0v) is 24.6. The van der Waals surface area contributed by atoms with E-state index in [0.29, 0.717) is 0 Å². The molecule has 4 heterocycles. The van der Waals surface area contributed by atoms with E-state index in [-0.39, 0.29) is 5.54 Å². The molecule has 2 aliphatic heterocycles. The van der Waals surface area contributed by atoms with Gasteiger partial charge < -0.3 is 25.2 Å². The van der Waals surface area contributed by atoms with E-state index in [9.17, 15) is 39.5 Å². The van der Waals surface area contributed by atoms with Crippen LogP contribution in [0.2, 0.25) is 0 Å². The molecular weight excluding hydrogens is 681 g/mol. The van der Waals surface area contributed by atoms with E-state index >= 15 is 0 Å². The second-order valence-electron chi connectivity index (χ2n) is 9.60. The molecule has 0 amide bonds. The molecule has 1 spiro atoms. The topological polar surface area (TPSA) is 158 Å². The Labute approximate surface area is 263 Å². The molecule has 0 radical (unpaired) electrons. The number of piperidine rings is 1. The maximum atomic E-state index is 10.6. The molecule has 0 saturated carbocycles. The number of hydrogen-bond acceptors (Lipinski definition) is 8. The van der Waals surface area contributed by atoms with Crippen molar-refractivity contribution in [2.45, 2.75) is 50.0 Å². The summed E-state index contributed by atoms with van der Waals surface area (Å²) < 4.78 is 97.6. The molecule has 260 valence electrons. The molecule has 47 heavy (non-hydrogen) atoms. The van der Waals surface area contributed by atoms with Crippen LogP contribution in [0.4, 0.5) is 39.5 Å². The second kappa shape index (κ2) is 16.0. The van der Waals surface area contributed by atoms with Crippen LogP contribution < -0.4 is 5.32 Å². The van der Waals surface area contributed by atoms with Crippen LogP contribution >= 0.6 is 11.3 Å². The van der Waals surface area contributed by atoms with Crippen molar-refractivity contribution in [3.05, 3.63) is 58.9 Å². The smallest absolute Gasteiger partial charge is 0.475 e. The monoisotopic (exact) mass is 707 g/mol. The fraction of sp³-hybridized carbons (Fsp3) is 0.423. The van der Waals surface area contributed by atoms with Gasteiger partial charge in [0.2, 0.25) is 0 Å². The molecule has 1 fully saturated rings. The first kappa shape index (κ1) is 38.9. The van der Waals surface area contributed by atoms with Crippen LogP contribution in [0, 0.1) is 0 Å².